The lowest BCUT2D eigenvalue weighted by atomic mass is 10.1. The first-order valence-electron chi connectivity index (χ1n) is 7.24. The van der Waals surface area contributed by atoms with Gasteiger partial charge in [0.05, 0.1) is 12.6 Å². The Morgan fingerprint density at radius 3 is 2.48 bits per heavy atom. The van der Waals surface area contributed by atoms with Crippen molar-refractivity contribution in [2.24, 2.45) is 4.99 Å². The van der Waals surface area contributed by atoms with Crippen LogP contribution in [-0.4, -0.2) is 41.4 Å². The van der Waals surface area contributed by atoms with Crippen molar-refractivity contribution in [3.05, 3.63) is 35.9 Å². The van der Waals surface area contributed by atoms with E-state index >= 15 is 0 Å². The summed E-state index contributed by atoms with van der Waals surface area (Å²) in [4.78, 5) is 7.00. The normalized spacial score (nSPS) is 16.9. The molecule has 0 aliphatic carbocycles. The number of rotatable bonds is 4. The number of ether oxygens (including phenoxy) is 1. The fourth-order valence-electron chi connectivity index (χ4n) is 2.07. The second kappa shape index (κ2) is 9.79. The molecule has 116 valence electrons. The number of amidine groups is 1. The van der Waals surface area contributed by atoms with Crippen LogP contribution in [0.1, 0.15) is 25.8 Å². The Kier molecular flexibility index (Phi) is 8.38. The van der Waals surface area contributed by atoms with Crippen LogP contribution in [0.4, 0.5) is 0 Å². The summed E-state index contributed by atoms with van der Waals surface area (Å²) in [7, 11) is 2.14. The van der Waals surface area contributed by atoms with Crippen LogP contribution in [0, 0.1) is 0 Å². The summed E-state index contributed by atoms with van der Waals surface area (Å²) in [5, 5.41) is 0. The summed E-state index contributed by atoms with van der Waals surface area (Å²) in [5.74, 6) is 1.23. The third-order valence-electron chi connectivity index (χ3n) is 3.20. The average Bonchev–Trinajstić information content (AvgIpc) is 2.81. The zero-order valence-electron chi connectivity index (χ0n) is 13.0. The quantitative estimate of drug-likeness (QED) is 0.677. The van der Waals surface area contributed by atoms with Crippen molar-refractivity contribution in [3.8, 4) is 0 Å². The minimum absolute atomic E-state index is 0.317. The van der Waals surface area contributed by atoms with Gasteiger partial charge in [0.1, 0.15) is 5.84 Å². The molecule has 0 spiro atoms. The Labute approximate surface area is 138 Å². The fraction of sp³-hybridized carbons (Fsp3) is 0.500. The van der Waals surface area contributed by atoms with Gasteiger partial charge in [-0.25, -0.2) is 0 Å². The van der Waals surface area contributed by atoms with Gasteiger partial charge in [0.25, 0.3) is 0 Å². The Morgan fingerprint density at radius 2 is 2.05 bits per heavy atom. The summed E-state index contributed by atoms with van der Waals surface area (Å²) >= 11 is 8.12. The van der Waals surface area contributed by atoms with E-state index in [9.17, 15) is 0 Å². The molecule has 1 atom stereocenters. The molecule has 0 radical (unpaired) electrons. The minimum Gasteiger partial charge on any atom is -0.479 e. The first-order chi connectivity index (χ1) is 10.1. The van der Waals surface area contributed by atoms with Crippen molar-refractivity contribution >= 4 is 35.1 Å². The maximum Gasteiger partial charge on any atom is 0.216 e. The SMILES string of the molecule is CCC1CN(C)C(Cc2ccccc2)=N1.CCOC(=S)S. The lowest BCUT2D eigenvalue weighted by molar-refractivity contribution is 0.346. The van der Waals surface area contributed by atoms with Crippen molar-refractivity contribution in [1.29, 1.82) is 0 Å². The van der Waals surface area contributed by atoms with E-state index in [0.29, 0.717) is 17.0 Å². The molecule has 2 rings (SSSR count). The summed E-state index contributed by atoms with van der Waals surface area (Å²) < 4.78 is 4.95. The first kappa shape index (κ1) is 18.0. The van der Waals surface area contributed by atoms with E-state index in [-0.39, 0.29) is 0 Å². The summed E-state index contributed by atoms with van der Waals surface area (Å²) in [6, 6.07) is 11.1. The Balaban J connectivity index is 0.000000315. The highest BCUT2D eigenvalue weighted by Crippen LogP contribution is 2.13. The van der Waals surface area contributed by atoms with E-state index in [1.807, 2.05) is 6.92 Å². The van der Waals surface area contributed by atoms with Crippen LogP contribution < -0.4 is 0 Å². The van der Waals surface area contributed by atoms with Crippen LogP contribution in [0.3, 0.4) is 0 Å². The van der Waals surface area contributed by atoms with E-state index < -0.39 is 0 Å². The van der Waals surface area contributed by atoms with Crippen molar-refractivity contribution in [2.75, 3.05) is 20.2 Å². The number of nitrogens with zero attached hydrogens (tertiary/aromatic N) is 2. The molecule has 21 heavy (non-hydrogen) atoms. The lowest BCUT2D eigenvalue weighted by Crippen LogP contribution is -2.25. The van der Waals surface area contributed by atoms with Gasteiger partial charge in [0.15, 0.2) is 0 Å². The molecular formula is C16H24N2OS2. The number of benzene rings is 1. The highest BCUT2D eigenvalue weighted by atomic mass is 32.1. The average molecular weight is 325 g/mol. The number of thiol groups is 1. The molecule has 0 saturated carbocycles. The second-order valence-electron chi connectivity index (χ2n) is 4.85. The van der Waals surface area contributed by atoms with Gasteiger partial charge in [-0.15, -0.1) is 0 Å². The van der Waals surface area contributed by atoms with Crippen LogP contribution in [0.25, 0.3) is 0 Å². The number of hydrogen-bond acceptors (Lipinski definition) is 4. The molecule has 0 aromatic heterocycles. The first-order valence-corrected chi connectivity index (χ1v) is 8.09. The number of aliphatic imine (C=N–C) groups is 1. The minimum atomic E-state index is 0.317. The molecule has 0 saturated heterocycles. The number of hydrogen-bond donors (Lipinski definition) is 1. The van der Waals surface area contributed by atoms with Gasteiger partial charge in [-0.2, -0.15) is 0 Å². The van der Waals surface area contributed by atoms with Gasteiger partial charge in [-0.1, -0.05) is 49.9 Å². The molecule has 1 heterocycles. The van der Waals surface area contributed by atoms with Crippen molar-refractivity contribution < 1.29 is 4.74 Å². The van der Waals surface area contributed by atoms with E-state index in [2.05, 4.69) is 78.8 Å². The molecule has 3 nitrogen and oxygen atoms in total. The monoisotopic (exact) mass is 324 g/mol. The second-order valence-corrected chi connectivity index (χ2v) is 5.93. The van der Waals surface area contributed by atoms with Crippen LogP contribution in [-0.2, 0) is 11.2 Å². The smallest absolute Gasteiger partial charge is 0.216 e. The molecule has 0 fully saturated rings. The molecule has 1 aliphatic heterocycles. The highest BCUT2D eigenvalue weighted by Gasteiger charge is 2.20. The molecule has 5 heteroatoms. The molecule has 0 amide bonds. The van der Waals surface area contributed by atoms with Gasteiger partial charge in [0, 0.05) is 20.0 Å². The van der Waals surface area contributed by atoms with Gasteiger partial charge in [-0.05, 0) is 31.1 Å². The molecule has 1 aromatic carbocycles. The zero-order chi connectivity index (χ0) is 15.7. The molecule has 0 N–H and O–H groups in total. The summed E-state index contributed by atoms with van der Waals surface area (Å²) in [6.07, 6.45) is 2.11. The lowest BCUT2D eigenvalue weighted by Gasteiger charge is -2.14. The van der Waals surface area contributed by atoms with Crippen LogP contribution in [0.5, 0.6) is 0 Å². The third kappa shape index (κ3) is 6.96. The number of likely N-dealkylation sites (N-methyl/N-ethyl adjacent to an activating group) is 1. The van der Waals surface area contributed by atoms with Crippen LogP contribution in [0.15, 0.2) is 35.3 Å². The summed E-state index contributed by atoms with van der Waals surface area (Å²) in [6.45, 7) is 5.76. The number of thiocarbonyl (C=S) groups is 1. The Morgan fingerprint density at radius 1 is 1.38 bits per heavy atom. The fourth-order valence-corrected chi connectivity index (χ4v) is 2.32. The van der Waals surface area contributed by atoms with E-state index in [1.54, 1.807) is 0 Å². The Bertz CT molecular complexity index is 463. The third-order valence-corrected chi connectivity index (χ3v) is 3.45. The standard InChI is InChI=1S/C13H18N2.C3H6OS2/c1-3-12-10-15(2)13(14-12)9-11-7-5-4-6-8-11;1-2-4-3(5)6/h4-8,12H,3,9-10H2,1-2H3;2H2,1H3,(H,5,6). The van der Waals surface area contributed by atoms with E-state index in [0.717, 1.165) is 19.4 Å². The maximum atomic E-state index is 4.73. The Hall–Kier alpha value is -1.07. The zero-order valence-corrected chi connectivity index (χ0v) is 14.7. The van der Waals surface area contributed by atoms with Crippen LogP contribution >= 0.6 is 24.8 Å². The van der Waals surface area contributed by atoms with Gasteiger partial charge >= 0.3 is 0 Å². The van der Waals surface area contributed by atoms with Gasteiger partial charge in [-0.3, -0.25) is 4.99 Å². The molecule has 1 unspecified atom stereocenters. The van der Waals surface area contributed by atoms with Gasteiger partial charge in [0.2, 0.25) is 4.38 Å². The summed E-state index contributed by atoms with van der Waals surface area (Å²) in [5.41, 5.74) is 1.35. The van der Waals surface area contributed by atoms with E-state index in [4.69, 9.17) is 4.99 Å². The van der Waals surface area contributed by atoms with Crippen molar-refractivity contribution in [1.82, 2.24) is 4.90 Å². The van der Waals surface area contributed by atoms with Crippen molar-refractivity contribution in [3.63, 3.8) is 0 Å². The largest absolute Gasteiger partial charge is 0.479 e. The highest BCUT2D eigenvalue weighted by molar-refractivity contribution is 8.10. The maximum absolute atomic E-state index is 4.73. The topological polar surface area (TPSA) is 24.8 Å². The molecular weight excluding hydrogens is 300 g/mol. The van der Waals surface area contributed by atoms with Gasteiger partial charge < -0.3 is 9.64 Å². The van der Waals surface area contributed by atoms with Crippen LogP contribution in [0.2, 0.25) is 0 Å². The predicted molar refractivity (Wildman–Crippen MR) is 97.5 cm³/mol. The predicted octanol–water partition coefficient (Wildman–Crippen LogP) is 3.59. The molecule has 0 bridgehead atoms. The molecule has 1 aliphatic rings. The van der Waals surface area contributed by atoms with Crippen molar-refractivity contribution in [2.45, 2.75) is 32.7 Å². The molecule has 1 aromatic rings. The van der Waals surface area contributed by atoms with E-state index in [1.165, 1.54) is 11.4 Å².